The largest absolute Gasteiger partial charge is 0.494 e. The SMILES string of the molecule is CCOc1cc(NC(=O)NS(=O)(=O)N(c2cnn(C)c2)C2CCOCC2)cc(OCC)c1.[Na]. The van der Waals surface area contributed by atoms with Crippen LogP contribution in [0.2, 0.25) is 0 Å². The molecule has 13 heteroatoms. The van der Waals surface area contributed by atoms with Crippen LogP contribution in [0.4, 0.5) is 16.2 Å². The van der Waals surface area contributed by atoms with Gasteiger partial charge in [-0.15, -0.1) is 0 Å². The Morgan fingerprint density at radius 3 is 2.30 bits per heavy atom. The molecule has 1 aromatic carbocycles. The van der Waals surface area contributed by atoms with Gasteiger partial charge >= 0.3 is 16.2 Å². The van der Waals surface area contributed by atoms with Crippen molar-refractivity contribution in [1.82, 2.24) is 14.5 Å². The number of anilines is 2. The Kier molecular flexibility index (Phi) is 10.3. The second-order valence-corrected chi connectivity index (χ2v) is 8.68. The summed E-state index contributed by atoms with van der Waals surface area (Å²) in [6, 6.07) is 3.62. The van der Waals surface area contributed by atoms with Crippen LogP contribution < -0.4 is 23.8 Å². The van der Waals surface area contributed by atoms with Crippen molar-refractivity contribution in [3.8, 4) is 11.5 Å². The number of hydrogen-bond donors (Lipinski definition) is 2. The Hall–Kier alpha value is -1.99. The van der Waals surface area contributed by atoms with Crippen molar-refractivity contribution in [3.05, 3.63) is 30.6 Å². The molecule has 1 aromatic heterocycles. The molecule has 0 unspecified atom stereocenters. The number of urea groups is 1. The van der Waals surface area contributed by atoms with E-state index in [0.717, 1.165) is 0 Å². The van der Waals surface area contributed by atoms with E-state index in [-0.39, 0.29) is 35.6 Å². The van der Waals surface area contributed by atoms with E-state index in [2.05, 4.69) is 15.1 Å². The first-order valence-corrected chi connectivity index (χ1v) is 11.9. The minimum absolute atomic E-state index is 0. The predicted octanol–water partition coefficient (Wildman–Crippen LogP) is 1.89. The summed E-state index contributed by atoms with van der Waals surface area (Å²) in [7, 11) is -2.53. The fourth-order valence-electron chi connectivity index (χ4n) is 3.45. The van der Waals surface area contributed by atoms with Crippen molar-refractivity contribution in [3.63, 3.8) is 0 Å². The van der Waals surface area contributed by atoms with E-state index in [1.165, 1.54) is 15.2 Å². The number of carbonyl (C=O) groups excluding carboxylic acids is 1. The van der Waals surface area contributed by atoms with Crippen LogP contribution in [-0.4, -0.2) is 86.3 Å². The van der Waals surface area contributed by atoms with E-state index in [9.17, 15) is 13.2 Å². The Bertz CT molecular complexity index is 1000. The van der Waals surface area contributed by atoms with E-state index in [1.54, 1.807) is 31.4 Å². The number of amides is 2. The molecule has 0 spiro atoms. The molecule has 1 fully saturated rings. The number of nitrogens with one attached hydrogen (secondary N) is 2. The normalized spacial score (nSPS) is 14.2. The first kappa shape index (κ1) is 27.3. The molecular formula is C20H29N5NaO6S. The number of carbonyl (C=O) groups is 1. The fourth-order valence-corrected chi connectivity index (χ4v) is 4.81. The fraction of sp³-hybridized carbons (Fsp3) is 0.500. The van der Waals surface area contributed by atoms with E-state index >= 15 is 0 Å². The van der Waals surface area contributed by atoms with Crippen LogP contribution in [-0.2, 0) is 22.0 Å². The van der Waals surface area contributed by atoms with Gasteiger partial charge in [0.25, 0.3) is 0 Å². The van der Waals surface area contributed by atoms with Gasteiger partial charge in [0.2, 0.25) is 0 Å². The minimum atomic E-state index is -4.22. The summed E-state index contributed by atoms with van der Waals surface area (Å²) in [5, 5.41) is 6.62. The summed E-state index contributed by atoms with van der Waals surface area (Å²) in [4.78, 5) is 12.6. The van der Waals surface area contributed by atoms with Gasteiger partial charge in [-0.05, 0) is 26.7 Å². The summed E-state index contributed by atoms with van der Waals surface area (Å²) in [5.74, 6) is 0.992. The van der Waals surface area contributed by atoms with Crippen LogP contribution in [0, 0.1) is 0 Å². The summed E-state index contributed by atoms with van der Waals surface area (Å²) in [5.41, 5.74) is 0.711. The Morgan fingerprint density at radius 2 is 1.79 bits per heavy atom. The van der Waals surface area contributed by atoms with Gasteiger partial charge in [-0.2, -0.15) is 13.5 Å². The van der Waals surface area contributed by atoms with Gasteiger partial charge in [0.05, 0.1) is 31.1 Å². The summed E-state index contributed by atoms with van der Waals surface area (Å²) < 4.78 is 47.6. The first-order valence-electron chi connectivity index (χ1n) is 10.4. The maximum atomic E-state index is 13.2. The van der Waals surface area contributed by atoms with Gasteiger partial charge in [-0.3, -0.25) is 4.68 Å². The molecule has 2 aromatic rings. The monoisotopic (exact) mass is 490 g/mol. The second kappa shape index (κ2) is 12.5. The molecule has 33 heavy (non-hydrogen) atoms. The molecule has 0 aliphatic carbocycles. The van der Waals surface area contributed by atoms with Crippen LogP contribution >= 0.6 is 0 Å². The third-order valence-corrected chi connectivity index (χ3v) is 6.18. The van der Waals surface area contributed by atoms with E-state index in [4.69, 9.17) is 14.2 Å². The smallest absolute Gasteiger partial charge is 0.334 e. The molecule has 11 nitrogen and oxygen atoms in total. The molecule has 1 aliphatic heterocycles. The third kappa shape index (κ3) is 7.51. The number of nitrogens with zero attached hydrogens (tertiary/aromatic N) is 3. The second-order valence-electron chi connectivity index (χ2n) is 7.13. The van der Waals surface area contributed by atoms with Crippen molar-refractivity contribution < 1.29 is 27.4 Å². The number of aryl methyl sites for hydroxylation is 1. The van der Waals surface area contributed by atoms with Crippen LogP contribution in [0.1, 0.15) is 26.7 Å². The van der Waals surface area contributed by atoms with E-state index < -0.39 is 16.2 Å². The molecule has 1 saturated heterocycles. The zero-order valence-corrected chi connectivity index (χ0v) is 22.2. The number of aromatic nitrogens is 2. The van der Waals surface area contributed by atoms with Gasteiger partial charge < -0.3 is 19.5 Å². The third-order valence-electron chi connectivity index (χ3n) is 4.71. The summed E-state index contributed by atoms with van der Waals surface area (Å²) in [6.07, 6.45) is 4.05. The van der Waals surface area contributed by atoms with Gasteiger partial charge in [0.15, 0.2) is 0 Å². The van der Waals surface area contributed by atoms with Crippen LogP contribution in [0.25, 0.3) is 0 Å². The van der Waals surface area contributed by atoms with Crippen molar-refractivity contribution >= 4 is 57.2 Å². The topological polar surface area (TPSA) is 124 Å². The van der Waals surface area contributed by atoms with Gasteiger partial charge in [0, 0.05) is 79.9 Å². The zero-order valence-electron chi connectivity index (χ0n) is 19.4. The van der Waals surface area contributed by atoms with Crippen LogP contribution in [0.15, 0.2) is 30.6 Å². The Morgan fingerprint density at radius 1 is 1.18 bits per heavy atom. The average Bonchev–Trinajstić information content (AvgIpc) is 3.14. The average molecular weight is 491 g/mol. The van der Waals surface area contributed by atoms with Crippen molar-refractivity contribution in [2.75, 3.05) is 36.0 Å². The number of hydrogen-bond acceptors (Lipinski definition) is 7. The van der Waals surface area contributed by atoms with Crippen molar-refractivity contribution in [1.29, 1.82) is 0 Å². The molecular weight excluding hydrogens is 461 g/mol. The molecule has 1 aliphatic rings. The molecule has 3 rings (SSSR count). The standard InChI is InChI=1S/C20H29N5O6S.Na/c1-4-30-18-10-15(11-19(12-18)31-5-2)22-20(26)23-32(27,28)25(16-6-8-29-9-7-16)17-13-21-24(3)14-17;/h10-14,16H,4-9H2,1-3H3,(H2,22,23,26);. The minimum Gasteiger partial charge on any atom is -0.494 e. The molecule has 177 valence electrons. The summed E-state index contributed by atoms with van der Waals surface area (Å²) in [6.45, 7) is 5.41. The van der Waals surface area contributed by atoms with E-state index in [1.807, 2.05) is 13.8 Å². The molecule has 2 amide bonds. The van der Waals surface area contributed by atoms with E-state index in [0.29, 0.717) is 62.1 Å². The van der Waals surface area contributed by atoms with Gasteiger partial charge in [0.1, 0.15) is 11.5 Å². The Balaban J connectivity index is 0.00000385. The zero-order chi connectivity index (χ0) is 23.1. The molecule has 2 heterocycles. The maximum Gasteiger partial charge on any atom is 0.334 e. The van der Waals surface area contributed by atoms with Crippen LogP contribution in [0.3, 0.4) is 0 Å². The van der Waals surface area contributed by atoms with Crippen LogP contribution in [0.5, 0.6) is 11.5 Å². The number of ether oxygens (including phenoxy) is 3. The molecule has 0 saturated carbocycles. The number of rotatable bonds is 9. The summed E-state index contributed by atoms with van der Waals surface area (Å²) >= 11 is 0. The molecule has 2 N–H and O–H groups in total. The first-order chi connectivity index (χ1) is 15.3. The molecule has 0 bridgehead atoms. The van der Waals surface area contributed by atoms with Gasteiger partial charge in [-0.1, -0.05) is 0 Å². The van der Waals surface area contributed by atoms with Gasteiger partial charge in [-0.25, -0.2) is 13.8 Å². The Labute approximate surface area is 216 Å². The maximum absolute atomic E-state index is 13.2. The molecule has 1 radical (unpaired) electrons. The van der Waals surface area contributed by atoms with Crippen molar-refractivity contribution in [2.45, 2.75) is 32.7 Å². The van der Waals surface area contributed by atoms with Crippen molar-refractivity contribution in [2.24, 2.45) is 7.05 Å². The molecule has 0 atom stereocenters. The number of benzene rings is 1. The quantitative estimate of drug-likeness (QED) is 0.515. The predicted molar refractivity (Wildman–Crippen MR) is 125 cm³/mol.